The average Bonchev–Trinajstić information content (AvgIpc) is 3.06. The SMILES string of the molecule is CN(C)[C@@H]1C[C@H](Cn2cc(C3CC3)nn2)[C@@H](O)[C@H]1O. The van der Waals surface area contributed by atoms with Gasteiger partial charge in [-0.2, -0.15) is 0 Å². The summed E-state index contributed by atoms with van der Waals surface area (Å²) in [6.07, 6.45) is 3.85. The van der Waals surface area contributed by atoms with Gasteiger partial charge in [-0.1, -0.05) is 5.21 Å². The maximum absolute atomic E-state index is 10.1. The molecule has 0 unspecified atom stereocenters. The Labute approximate surface area is 113 Å². The van der Waals surface area contributed by atoms with Crippen molar-refractivity contribution in [2.75, 3.05) is 14.1 Å². The third-order valence-corrected chi connectivity index (χ3v) is 4.41. The zero-order valence-corrected chi connectivity index (χ0v) is 11.5. The zero-order chi connectivity index (χ0) is 13.6. The molecule has 6 heteroatoms. The second kappa shape index (κ2) is 4.85. The minimum atomic E-state index is -0.680. The van der Waals surface area contributed by atoms with E-state index in [9.17, 15) is 10.2 Å². The number of aliphatic hydroxyl groups excluding tert-OH is 2. The van der Waals surface area contributed by atoms with Gasteiger partial charge < -0.3 is 15.1 Å². The van der Waals surface area contributed by atoms with Gasteiger partial charge in [0.15, 0.2) is 0 Å². The maximum Gasteiger partial charge on any atom is 0.0957 e. The minimum Gasteiger partial charge on any atom is -0.390 e. The van der Waals surface area contributed by atoms with E-state index in [-0.39, 0.29) is 12.0 Å². The van der Waals surface area contributed by atoms with Crippen LogP contribution in [0.5, 0.6) is 0 Å². The highest BCUT2D eigenvalue weighted by Crippen LogP contribution is 2.38. The van der Waals surface area contributed by atoms with Crippen molar-refractivity contribution in [1.29, 1.82) is 0 Å². The lowest BCUT2D eigenvalue weighted by atomic mass is 10.1. The lowest BCUT2D eigenvalue weighted by molar-refractivity contribution is -0.00569. The molecular formula is C13H22N4O2. The number of aliphatic hydroxyl groups is 2. The molecule has 2 N–H and O–H groups in total. The second-order valence-corrected chi connectivity index (χ2v) is 6.15. The Morgan fingerprint density at radius 1 is 1.32 bits per heavy atom. The Hall–Kier alpha value is -0.980. The predicted molar refractivity (Wildman–Crippen MR) is 69.6 cm³/mol. The van der Waals surface area contributed by atoms with E-state index >= 15 is 0 Å². The molecule has 0 radical (unpaired) electrons. The van der Waals surface area contributed by atoms with Crippen molar-refractivity contribution >= 4 is 0 Å². The highest BCUT2D eigenvalue weighted by atomic mass is 16.3. The summed E-state index contributed by atoms with van der Waals surface area (Å²) in [5.41, 5.74) is 1.07. The van der Waals surface area contributed by atoms with Crippen molar-refractivity contribution in [2.24, 2.45) is 5.92 Å². The van der Waals surface area contributed by atoms with Gasteiger partial charge in [0, 0.05) is 30.6 Å². The Morgan fingerprint density at radius 3 is 2.63 bits per heavy atom. The molecule has 19 heavy (non-hydrogen) atoms. The van der Waals surface area contributed by atoms with Crippen LogP contribution < -0.4 is 0 Å². The molecule has 1 aromatic heterocycles. The smallest absolute Gasteiger partial charge is 0.0957 e. The maximum atomic E-state index is 10.1. The molecule has 4 atom stereocenters. The van der Waals surface area contributed by atoms with Crippen LogP contribution in [-0.2, 0) is 6.54 Å². The van der Waals surface area contributed by atoms with Crippen molar-refractivity contribution in [3.8, 4) is 0 Å². The summed E-state index contributed by atoms with van der Waals surface area (Å²) >= 11 is 0. The number of nitrogens with zero attached hydrogens (tertiary/aromatic N) is 4. The number of hydrogen-bond acceptors (Lipinski definition) is 5. The van der Waals surface area contributed by atoms with Crippen LogP contribution in [0.15, 0.2) is 6.20 Å². The lowest BCUT2D eigenvalue weighted by Gasteiger charge is -2.22. The Kier molecular flexibility index (Phi) is 3.32. The third-order valence-electron chi connectivity index (χ3n) is 4.41. The summed E-state index contributed by atoms with van der Waals surface area (Å²) in [7, 11) is 3.87. The van der Waals surface area contributed by atoms with E-state index in [0.29, 0.717) is 12.5 Å². The molecule has 1 heterocycles. The summed E-state index contributed by atoms with van der Waals surface area (Å²) in [6, 6.07) is 0.0198. The summed E-state index contributed by atoms with van der Waals surface area (Å²) in [5.74, 6) is 0.638. The fourth-order valence-electron chi connectivity index (χ4n) is 3.00. The predicted octanol–water partition coefficient (Wildman–Crippen LogP) is -0.173. The highest BCUT2D eigenvalue weighted by Gasteiger charge is 2.42. The second-order valence-electron chi connectivity index (χ2n) is 6.15. The van der Waals surface area contributed by atoms with Gasteiger partial charge in [0.2, 0.25) is 0 Å². The molecule has 106 valence electrons. The van der Waals surface area contributed by atoms with E-state index in [0.717, 1.165) is 12.1 Å². The highest BCUT2D eigenvalue weighted by molar-refractivity contribution is 5.09. The first-order valence-corrected chi connectivity index (χ1v) is 6.99. The van der Waals surface area contributed by atoms with E-state index in [1.54, 1.807) is 0 Å². The molecule has 1 aromatic rings. The molecule has 0 aliphatic heterocycles. The summed E-state index contributed by atoms with van der Waals surface area (Å²) in [5, 5.41) is 28.5. The third kappa shape index (κ3) is 2.52. The molecular weight excluding hydrogens is 244 g/mol. The van der Waals surface area contributed by atoms with Crippen LogP contribution in [0.4, 0.5) is 0 Å². The minimum absolute atomic E-state index is 0.0198. The van der Waals surface area contributed by atoms with E-state index in [1.165, 1.54) is 12.8 Å². The van der Waals surface area contributed by atoms with E-state index in [1.807, 2.05) is 29.9 Å². The van der Waals surface area contributed by atoms with Crippen LogP contribution in [0.2, 0.25) is 0 Å². The summed E-state index contributed by atoms with van der Waals surface area (Å²) < 4.78 is 1.81. The van der Waals surface area contributed by atoms with Crippen LogP contribution in [0, 0.1) is 5.92 Å². The molecule has 3 rings (SSSR count). The van der Waals surface area contributed by atoms with Gasteiger partial charge in [-0.3, -0.25) is 4.68 Å². The molecule has 0 aromatic carbocycles. The number of rotatable bonds is 4. The van der Waals surface area contributed by atoms with Crippen molar-refractivity contribution in [1.82, 2.24) is 19.9 Å². The van der Waals surface area contributed by atoms with Gasteiger partial charge in [-0.25, -0.2) is 0 Å². The van der Waals surface area contributed by atoms with Crippen molar-refractivity contribution in [3.63, 3.8) is 0 Å². The van der Waals surface area contributed by atoms with E-state index in [4.69, 9.17) is 0 Å². The van der Waals surface area contributed by atoms with E-state index in [2.05, 4.69) is 10.3 Å². The number of hydrogen-bond donors (Lipinski definition) is 2. The molecule has 2 saturated carbocycles. The largest absolute Gasteiger partial charge is 0.390 e. The Balaban J connectivity index is 1.65. The Morgan fingerprint density at radius 2 is 2.05 bits per heavy atom. The van der Waals surface area contributed by atoms with Crippen LogP contribution in [0.3, 0.4) is 0 Å². The van der Waals surface area contributed by atoms with E-state index < -0.39 is 12.2 Å². The molecule has 0 amide bonds. The monoisotopic (exact) mass is 266 g/mol. The van der Waals surface area contributed by atoms with Gasteiger partial charge in [0.1, 0.15) is 0 Å². The van der Waals surface area contributed by atoms with Crippen molar-refractivity contribution in [2.45, 2.75) is 50.0 Å². The van der Waals surface area contributed by atoms with Crippen LogP contribution in [0.1, 0.15) is 30.9 Å². The number of aromatic nitrogens is 3. The zero-order valence-electron chi connectivity index (χ0n) is 11.5. The molecule has 6 nitrogen and oxygen atoms in total. The van der Waals surface area contributed by atoms with Crippen LogP contribution >= 0.6 is 0 Å². The van der Waals surface area contributed by atoms with Gasteiger partial charge >= 0.3 is 0 Å². The van der Waals surface area contributed by atoms with Gasteiger partial charge in [0.25, 0.3) is 0 Å². The average molecular weight is 266 g/mol. The first kappa shape index (κ1) is 13.0. The molecule has 0 spiro atoms. The standard InChI is InChI=1S/C13H22N4O2/c1-16(2)11-5-9(12(18)13(11)19)6-17-7-10(14-15-17)8-3-4-8/h7-9,11-13,18-19H,3-6H2,1-2H3/t9-,11-,12-,13+/m1/s1. The first-order chi connectivity index (χ1) is 9.06. The molecule has 2 aliphatic carbocycles. The van der Waals surface area contributed by atoms with Crippen LogP contribution in [-0.4, -0.2) is 62.5 Å². The molecule has 0 saturated heterocycles. The van der Waals surface area contributed by atoms with Gasteiger partial charge in [0.05, 0.1) is 17.9 Å². The first-order valence-electron chi connectivity index (χ1n) is 6.99. The normalized spacial score (nSPS) is 35.2. The van der Waals surface area contributed by atoms with Crippen molar-refractivity contribution < 1.29 is 10.2 Å². The topological polar surface area (TPSA) is 74.4 Å². The molecule has 2 aliphatic rings. The fourth-order valence-corrected chi connectivity index (χ4v) is 3.00. The molecule has 0 bridgehead atoms. The van der Waals surface area contributed by atoms with Gasteiger partial charge in [-0.15, -0.1) is 5.10 Å². The van der Waals surface area contributed by atoms with Gasteiger partial charge in [-0.05, 0) is 33.4 Å². The Bertz CT molecular complexity index is 444. The quantitative estimate of drug-likeness (QED) is 0.791. The summed E-state index contributed by atoms with van der Waals surface area (Å²) in [6.45, 7) is 0.627. The molecule has 2 fully saturated rings. The fraction of sp³-hybridized carbons (Fsp3) is 0.846. The van der Waals surface area contributed by atoms with Crippen molar-refractivity contribution in [3.05, 3.63) is 11.9 Å². The summed E-state index contributed by atoms with van der Waals surface area (Å²) in [4.78, 5) is 1.98. The number of likely N-dealkylation sites (N-methyl/N-ethyl adjacent to an activating group) is 1. The lowest BCUT2D eigenvalue weighted by Crippen LogP contribution is -2.39. The van der Waals surface area contributed by atoms with Crippen LogP contribution in [0.25, 0.3) is 0 Å².